The van der Waals surface area contributed by atoms with Crippen LogP contribution in [0, 0.1) is 25.5 Å². The topological polar surface area (TPSA) is 44.0 Å². The maximum atomic E-state index is 13.4. The minimum Gasteiger partial charge on any atom is -0.279 e. The van der Waals surface area contributed by atoms with E-state index in [1.54, 1.807) is 0 Å². The maximum Gasteiger partial charge on any atom is 0.337 e. The molecule has 0 fully saturated rings. The molecule has 0 amide bonds. The number of benzene rings is 2. The van der Waals surface area contributed by atoms with Crippen LogP contribution in [0.1, 0.15) is 16.0 Å². The number of aryl methyl sites for hydroxylation is 2. The summed E-state index contributed by atoms with van der Waals surface area (Å²) in [7, 11) is 0. The fourth-order valence-corrected chi connectivity index (χ4v) is 4.60. The van der Waals surface area contributed by atoms with Gasteiger partial charge in [-0.1, -0.05) is 17.7 Å². The first-order valence-corrected chi connectivity index (χ1v) is 9.93. The van der Waals surface area contributed by atoms with Gasteiger partial charge >= 0.3 is 5.69 Å². The van der Waals surface area contributed by atoms with E-state index in [0.29, 0.717) is 15.8 Å². The summed E-state index contributed by atoms with van der Waals surface area (Å²) in [5.41, 5.74) is 0.565. The largest absolute Gasteiger partial charge is 0.337 e. The number of aromatic nitrogens is 2. The van der Waals surface area contributed by atoms with Crippen molar-refractivity contribution in [2.24, 2.45) is 0 Å². The molecular formula is C21H15ClF2N2O2S. The minimum absolute atomic E-state index is 0.0648. The van der Waals surface area contributed by atoms with Crippen LogP contribution >= 0.6 is 22.9 Å². The number of thiophene rings is 1. The summed E-state index contributed by atoms with van der Waals surface area (Å²) < 4.78 is 29.2. The maximum absolute atomic E-state index is 13.4. The molecule has 0 N–H and O–H groups in total. The van der Waals surface area contributed by atoms with Crippen molar-refractivity contribution in [3.8, 4) is 5.69 Å². The van der Waals surface area contributed by atoms with E-state index >= 15 is 0 Å². The van der Waals surface area contributed by atoms with E-state index in [-0.39, 0.29) is 17.3 Å². The Balaban J connectivity index is 2.05. The minimum atomic E-state index is -0.573. The van der Waals surface area contributed by atoms with Crippen molar-refractivity contribution in [3.05, 3.63) is 96.0 Å². The van der Waals surface area contributed by atoms with Crippen LogP contribution in [-0.2, 0) is 6.54 Å². The number of nitrogens with zero attached hydrogens (tertiary/aromatic N) is 2. The quantitative estimate of drug-likeness (QED) is 0.466. The summed E-state index contributed by atoms with van der Waals surface area (Å²) >= 11 is 7.50. The van der Waals surface area contributed by atoms with Gasteiger partial charge in [0.05, 0.1) is 17.6 Å². The fraction of sp³-hybridized carbons (Fsp3) is 0.143. The van der Waals surface area contributed by atoms with E-state index in [0.717, 1.165) is 15.0 Å². The van der Waals surface area contributed by atoms with Crippen molar-refractivity contribution < 1.29 is 8.78 Å². The molecule has 2 aromatic heterocycles. The molecule has 0 saturated carbocycles. The van der Waals surface area contributed by atoms with Crippen molar-refractivity contribution in [2.75, 3.05) is 0 Å². The third-order valence-corrected chi connectivity index (χ3v) is 6.46. The molecule has 0 unspecified atom stereocenters. The SMILES string of the molecule is Cc1sc2c(c1C)c(=O)n(-c1ccc(F)cc1)c(=O)n2Cc1ccc(F)cc1Cl. The molecule has 2 aromatic carbocycles. The zero-order chi connectivity index (χ0) is 20.9. The Labute approximate surface area is 173 Å². The molecule has 0 aliphatic carbocycles. The van der Waals surface area contributed by atoms with Crippen LogP contribution in [0.3, 0.4) is 0 Å². The summed E-state index contributed by atoms with van der Waals surface area (Å²) in [6.45, 7) is 3.76. The summed E-state index contributed by atoms with van der Waals surface area (Å²) in [5.74, 6) is -0.945. The molecule has 0 atom stereocenters. The predicted octanol–water partition coefficient (Wildman–Crippen LogP) is 4.81. The Kier molecular flexibility index (Phi) is 4.88. The molecule has 8 heteroatoms. The van der Waals surface area contributed by atoms with Crippen molar-refractivity contribution in [3.63, 3.8) is 0 Å². The van der Waals surface area contributed by atoms with Crippen LogP contribution in [0.4, 0.5) is 8.78 Å². The lowest BCUT2D eigenvalue weighted by Crippen LogP contribution is -2.39. The molecule has 0 bridgehead atoms. The lowest BCUT2D eigenvalue weighted by molar-refractivity contribution is 0.625. The molecule has 0 spiro atoms. The second-order valence-electron chi connectivity index (χ2n) is 6.68. The molecule has 2 heterocycles. The number of hydrogen-bond acceptors (Lipinski definition) is 3. The molecule has 148 valence electrons. The highest BCUT2D eigenvalue weighted by atomic mass is 35.5. The number of rotatable bonds is 3. The van der Waals surface area contributed by atoms with Gasteiger partial charge in [0.15, 0.2) is 0 Å². The molecular weight excluding hydrogens is 418 g/mol. The molecule has 0 radical (unpaired) electrons. The highest BCUT2D eigenvalue weighted by molar-refractivity contribution is 7.18. The zero-order valence-electron chi connectivity index (χ0n) is 15.5. The van der Waals surface area contributed by atoms with Gasteiger partial charge in [0.25, 0.3) is 5.56 Å². The summed E-state index contributed by atoms with van der Waals surface area (Å²) in [5, 5.41) is 0.615. The number of fused-ring (bicyclic) bond motifs is 1. The van der Waals surface area contributed by atoms with Gasteiger partial charge in [-0.2, -0.15) is 0 Å². The fourth-order valence-electron chi connectivity index (χ4n) is 3.23. The van der Waals surface area contributed by atoms with Crippen LogP contribution < -0.4 is 11.2 Å². The summed E-state index contributed by atoms with van der Waals surface area (Å²) in [6.07, 6.45) is 0. The molecule has 0 aliphatic heterocycles. The van der Waals surface area contributed by atoms with Gasteiger partial charge in [-0.25, -0.2) is 18.1 Å². The van der Waals surface area contributed by atoms with E-state index in [9.17, 15) is 18.4 Å². The normalized spacial score (nSPS) is 11.3. The standard InChI is InChI=1S/C21H15ClF2N2O2S/c1-11-12(2)29-20-18(11)19(27)26(16-7-5-14(23)6-8-16)21(28)25(20)10-13-3-4-15(24)9-17(13)22/h3-9H,10H2,1-2H3. The van der Waals surface area contributed by atoms with Crippen LogP contribution in [-0.4, -0.2) is 9.13 Å². The van der Waals surface area contributed by atoms with E-state index < -0.39 is 22.9 Å². The van der Waals surface area contributed by atoms with Crippen LogP contribution in [0.5, 0.6) is 0 Å². The Hall–Kier alpha value is -2.77. The number of halogens is 3. The molecule has 0 saturated heterocycles. The van der Waals surface area contributed by atoms with Gasteiger partial charge in [-0.15, -0.1) is 11.3 Å². The number of hydrogen-bond donors (Lipinski definition) is 0. The smallest absolute Gasteiger partial charge is 0.279 e. The van der Waals surface area contributed by atoms with Gasteiger partial charge in [0, 0.05) is 9.90 Å². The van der Waals surface area contributed by atoms with Crippen molar-refractivity contribution in [2.45, 2.75) is 20.4 Å². The second kappa shape index (κ2) is 7.24. The van der Waals surface area contributed by atoms with E-state index in [1.165, 1.54) is 58.4 Å². The monoisotopic (exact) mass is 432 g/mol. The zero-order valence-corrected chi connectivity index (χ0v) is 17.1. The average molecular weight is 433 g/mol. The molecule has 0 aliphatic rings. The summed E-state index contributed by atoms with van der Waals surface area (Å²) in [4.78, 5) is 27.9. The molecule has 4 rings (SSSR count). The molecule has 29 heavy (non-hydrogen) atoms. The van der Waals surface area contributed by atoms with Crippen LogP contribution in [0.25, 0.3) is 15.9 Å². The molecule has 4 nitrogen and oxygen atoms in total. The van der Waals surface area contributed by atoms with Crippen LogP contribution in [0.15, 0.2) is 52.1 Å². The summed E-state index contributed by atoms with van der Waals surface area (Å²) in [6, 6.07) is 9.11. The van der Waals surface area contributed by atoms with Gasteiger partial charge in [0.1, 0.15) is 16.5 Å². The third kappa shape index (κ3) is 3.30. The van der Waals surface area contributed by atoms with E-state index in [2.05, 4.69) is 0 Å². The van der Waals surface area contributed by atoms with E-state index in [1.807, 2.05) is 13.8 Å². The predicted molar refractivity (Wildman–Crippen MR) is 112 cm³/mol. The van der Waals surface area contributed by atoms with Crippen molar-refractivity contribution in [1.82, 2.24) is 9.13 Å². The van der Waals surface area contributed by atoms with Gasteiger partial charge < -0.3 is 0 Å². The second-order valence-corrected chi connectivity index (χ2v) is 8.30. The Bertz CT molecular complexity index is 1370. The average Bonchev–Trinajstić information content (AvgIpc) is 2.97. The first kappa shape index (κ1) is 19.5. The highest BCUT2D eigenvalue weighted by Crippen LogP contribution is 2.28. The van der Waals surface area contributed by atoms with Crippen molar-refractivity contribution >= 4 is 33.2 Å². The van der Waals surface area contributed by atoms with Crippen molar-refractivity contribution in [1.29, 1.82) is 0 Å². The van der Waals surface area contributed by atoms with Gasteiger partial charge in [-0.3, -0.25) is 9.36 Å². The van der Waals surface area contributed by atoms with Crippen LogP contribution in [0.2, 0.25) is 5.02 Å². The Morgan fingerprint density at radius 1 is 1.00 bits per heavy atom. The third-order valence-electron chi connectivity index (χ3n) is 4.88. The molecule has 4 aromatic rings. The Morgan fingerprint density at radius 3 is 2.31 bits per heavy atom. The first-order chi connectivity index (χ1) is 13.8. The first-order valence-electron chi connectivity index (χ1n) is 8.73. The Morgan fingerprint density at radius 2 is 1.66 bits per heavy atom. The van der Waals surface area contributed by atoms with Gasteiger partial charge in [0.2, 0.25) is 0 Å². The van der Waals surface area contributed by atoms with Gasteiger partial charge in [-0.05, 0) is 61.4 Å². The lowest BCUT2D eigenvalue weighted by Gasteiger charge is -2.13. The van der Waals surface area contributed by atoms with E-state index in [4.69, 9.17) is 11.6 Å². The lowest BCUT2D eigenvalue weighted by atomic mass is 10.2. The highest BCUT2D eigenvalue weighted by Gasteiger charge is 2.20.